The molecule has 0 radical (unpaired) electrons. The molecule has 0 atom stereocenters. The summed E-state index contributed by atoms with van der Waals surface area (Å²) in [5.41, 5.74) is 5.49. The first-order valence-electron chi connectivity index (χ1n) is 8.53. The minimum absolute atomic E-state index is 0.00625. The molecular formula is C20H17F2N3O3. The molecule has 6 nitrogen and oxygen atoms in total. The van der Waals surface area contributed by atoms with Gasteiger partial charge >= 0.3 is 0 Å². The number of benzene rings is 2. The average molecular weight is 385 g/mol. The molecule has 8 heteroatoms. The highest BCUT2D eigenvalue weighted by Gasteiger charge is 2.12. The Bertz CT molecular complexity index is 971. The average Bonchev–Trinajstić information content (AvgIpc) is 3.16. The monoisotopic (exact) mass is 385 g/mol. The summed E-state index contributed by atoms with van der Waals surface area (Å²) in [4.78, 5) is 27.7. The fourth-order valence-corrected chi connectivity index (χ4v) is 2.47. The Morgan fingerprint density at radius 2 is 1.68 bits per heavy atom. The van der Waals surface area contributed by atoms with Crippen LogP contribution in [0.2, 0.25) is 0 Å². The summed E-state index contributed by atoms with van der Waals surface area (Å²) in [5, 5.41) is 0. The summed E-state index contributed by atoms with van der Waals surface area (Å²) < 4.78 is 32.0. The molecule has 2 N–H and O–H groups in total. The van der Waals surface area contributed by atoms with E-state index in [2.05, 4.69) is 15.8 Å². The highest BCUT2D eigenvalue weighted by molar-refractivity contribution is 5.83. The van der Waals surface area contributed by atoms with Crippen LogP contribution in [0.3, 0.4) is 0 Å². The molecule has 1 heterocycles. The molecule has 0 aliphatic heterocycles. The maximum Gasteiger partial charge on any atom is 0.242 e. The molecule has 0 aliphatic rings. The van der Waals surface area contributed by atoms with Gasteiger partial charge in [0.05, 0.1) is 18.2 Å². The molecule has 3 aromatic rings. The van der Waals surface area contributed by atoms with Crippen LogP contribution in [0.4, 0.5) is 8.78 Å². The van der Waals surface area contributed by atoms with E-state index >= 15 is 0 Å². The van der Waals surface area contributed by atoms with E-state index in [0.717, 1.165) is 0 Å². The van der Waals surface area contributed by atoms with Crippen molar-refractivity contribution in [1.82, 2.24) is 15.8 Å². The highest BCUT2D eigenvalue weighted by Crippen LogP contribution is 2.23. The largest absolute Gasteiger partial charge is 0.441 e. The Morgan fingerprint density at radius 1 is 0.964 bits per heavy atom. The Labute approximate surface area is 159 Å². The fourth-order valence-electron chi connectivity index (χ4n) is 2.47. The molecule has 0 bridgehead atoms. The Morgan fingerprint density at radius 3 is 2.43 bits per heavy atom. The van der Waals surface area contributed by atoms with Crippen molar-refractivity contribution in [3.05, 3.63) is 77.8 Å². The predicted octanol–water partition coefficient (Wildman–Crippen LogP) is 2.94. The maximum atomic E-state index is 13.7. The fraction of sp³-hybridized carbons (Fsp3) is 0.150. The zero-order valence-corrected chi connectivity index (χ0v) is 14.7. The van der Waals surface area contributed by atoms with Crippen molar-refractivity contribution in [1.29, 1.82) is 0 Å². The van der Waals surface area contributed by atoms with Gasteiger partial charge in [0, 0.05) is 12.8 Å². The second kappa shape index (κ2) is 8.90. The molecule has 144 valence electrons. The zero-order valence-electron chi connectivity index (χ0n) is 14.7. The molecule has 0 aliphatic carbocycles. The third kappa shape index (κ3) is 5.23. The van der Waals surface area contributed by atoms with Gasteiger partial charge in [-0.3, -0.25) is 20.4 Å². The van der Waals surface area contributed by atoms with Crippen LogP contribution in [-0.4, -0.2) is 16.8 Å². The summed E-state index contributed by atoms with van der Waals surface area (Å²) >= 11 is 0. The van der Waals surface area contributed by atoms with Gasteiger partial charge in [0.1, 0.15) is 11.6 Å². The lowest BCUT2D eigenvalue weighted by Crippen LogP contribution is -2.42. The minimum atomic E-state index is -0.432. The lowest BCUT2D eigenvalue weighted by molar-refractivity contribution is -0.128. The van der Waals surface area contributed by atoms with E-state index in [1.165, 1.54) is 36.5 Å². The first-order chi connectivity index (χ1) is 13.5. The molecule has 28 heavy (non-hydrogen) atoms. The molecule has 0 saturated carbocycles. The van der Waals surface area contributed by atoms with E-state index in [1.54, 1.807) is 18.2 Å². The van der Waals surface area contributed by atoms with Gasteiger partial charge in [-0.2, -0.15) is 0 Å². The molecule has 0 unspecified atom stereocenters. The SMILES string of the molecule is O=C(CCc1ncc(-c2ccccc2F)o1)NNC(=O)Cc1ccc(F)cc1. The van der Waals surface area contributed by atoms with Crippen molar-refractivity contribution in [3.63, 3.8) is 0 Å². The molecule has 1 aromatic heterocycles. The van der Waals surface area contributed by atoms with Crippen molar-refractivity contribution >= 4 is 11.8 Å². The first kappa shape index (κ1) is 19.2. The van der Waals surface area contributed by atoms with Crippen LogP contribution < -0.4 is 10.9 Å². The normalized spacial score (nSPS) is 10.5. The van der Waals surface area contributed by atoms with Crippen molar-refractivity contribution < 1.29 is 22.8 Å². The number of hydrazine groups is 1. The van der Waals surface area contributed by atoms with E-state index in [-0.39, 0.29) is 36.7 Å². The number of aromatic nitrogens is 1. The van der Waals surface area contributed by atoms with Crippen molar-refractivity contribution in [2.75, 3.05) is 0 Å². The van der Waals surface area contributed by atoms with E-state index in [1.807, 2.05) is 0 Å². The summed E-state index contributed by atoms with van der Waals surface area (Å²) in [7, 11) is 0. The van der Waals surface area contributed by atoms with Crippen molar-refractivity contribution in [2.45, 2.75) is 19.3 Å². The maximum absolute atomic E-state index is 13.7. The Balaban J connectivity index is 1.44. The number of rotatable bonds is 6. The van der Waals surface area contributed by atoms with Gasteiger partial charge in [-0.15, -0.1) is 0 Å². The van der Waals surface area contributed by atoms with E-state index in [0.29, 0.717) is 11.1 Å². The van der Waals surface area contributed by atoms with Crippen molar-refractivity contribution in [2.24, 2.45) is 0 Å². The van der Waals surface area contributed by atoms with Crippen LogP contribution in [0, 0.1) is 11.6 Å². The number of carbonyl (C=O) groups is 2. The van der Waals surface area contributed by atoms with Crippen LogP contribution in [0.1, 0.15) is 17.9 Å². The number of nitrogens with zero attached hydrogens (tertiary/aromatic N) is 1. The van der Waals surface area contributed by atoms with Crippen LogP contribution in [0.25, 0.3) is 11.3 Å². The van der Waals surface area contributed by atoms with Crippen LogP contribution in [-0.2, 0) is 22.4 Å². The van der Waals surface area contributed by atoms with Crippen LogP contribution in [0.5, 0.6) is 0 Å². The molecule has 2 aromatic carbocycles. The second-order valence-corrected chi connectivity index (χ2v) is 6.00. The molecular weight excluding hydrogens is 368 g/mol. The van der Waals surface area contributed by atoms with Crippen molar-refractivity contribution in [3.8, 4) is 11.3 Å². The lowest BCUT2D eigenvalue weighted by Gasteiger charge is -2.07. The topological polar surface area (TPSA) is 84.2 Å². The Hall–Kier alpha value is -3.55. The number of carbonyl (C=O) groups excluding carboxylic acids is 2. The number of aryl methyl sites for hydroxylation is 1. The summed E-state index contributed by atoms with van der Waals surface area (Å²) in [5.74, 6) is -1.11. The van der Waals surface area contributed by atoms with Gasteiger partial charge in [0.2, 0.25) is 11.8 Å². The molecule has 2 amide bonds. The van der Waals surface area contributed by atoms with Gasteiger partial charge < -0.3 is 4.42 Å². The lowest BCUT2D eigenvalue weighted by atomic mass is 10.1. The number of amides is 2. The Kier molecular flexibility index (Phi) is 6.11. The van der Waals surface area contributed by atoms with Gasteiger partial charge in [-0.05, 0) is 29.8 Å². The number of hydrogen-bond acceptors (Lipinski definition) is 4. The van der Waals surface area contributed by atoms with Gasteiger partial charge in [-0.25, -0.2) is 13.8 Å². The van der Waals surface area contributed by atoms with E-state index in [4.69, 9.17) is 4.42 Å². The smallest absolute Gasteiger partial charge is 0.242 e. The third-order valence-corrected chi connectivity index (χ3v) is 3.88. The molecule has 0 fully saturated rings. The number of oxazole rings is 1. The van der Waals surface area contributed by atoms with Gasteiger partial charge in [0.25, 0.3) is 0 Å². The summed E-state index contributed by atoms with van der Waals surface area (Å²) in [6.07, 6.45) is 1.62. The number of hydrogen-bond donors (Lipinski definition) is 2. The second-order valence-electron chi connectivity index (χ2n) is 6.00. The van der Waals surface area contributed by atoms with E-state index < -0.39 is 17.6 Å². The highest BCUT2D eigenvalue weighted by atomic mass is 19.1. The van der Waals surface area contributed by atoms with Crippen LogP contribution >= 0.6 is 0 Å². The number of nitrogens with one attached hydrogen (secondary N) is 2. The summed E-state index contributed by atoms with van der Waals surface area (Å²) in [6.45, 7) is 0. The van der Waals surface area contributed by atoms with E-state index in [9.17, 15) is 18.4 Å². The zero-order chi connectivity index (χ0) is 19.9. The summed E-state index contributed by atoms with van der Waals surface area (Å²) in [6, 6.07) is 11.6. The quantitative estimate of drug-likeness (QED) is 0.639. The predicted molar refractivity (Wildman–Crippen MR) is 96.6 cm³/mol. The third-order valence-electron chi connectivity index (χ3n) is 3.88. The minimum Gasteiger partial charge on any atom is -0.441 e. The number of halogens is 2. The molecule has 3 rings (SSSR count). The first-order valence-corrected chi connectivity index (χ1v) is 8.53. The standard InChI is InChI=1S/C20H17F2N3O3/c21-14-7-5-13(6-8-14)11-19(27)25-24-18(26)9-10-20-23-12-17(28-20)15-3-1-2-4-16(15)22/h1-8,12H,9-11H2,(H,24,26)(H,25,27). The molecule has 0 saturated heterocycles. The van der Waals surface area contributed by atoms with Crippen LogP contribution in [0.15, 0.2) is 59.1 Å². The molecule has 0 spiro atoms. The van der Waals surface area contributed by atoms with Gasteiger partial charge in [0.15, 0.2) is 11.7 Å². The van der Waals surface area contributed by atoms with Gasteiger partial charge in [-0.1, -0.05) is 24.3 Å².